The van der Waals surface area contributed by atoms with E-state index >= 15 is 0 Å². The molecule has 20 heavy (non-hydrogen) atoms. The van der Waals surface area contributed by atoms with E-state index in [1.54, 1.807) is 0 Å². The van der Waals surface area contributed by atoms with Gasteiger partial charge < -0.3 is 5.73 Å². The van der Waals surface area contributed by atoms with Gasteiger partial charge in [-0.2, -0.15) is 5.10 Å². The van der Waals surface area contributed by atoms with Crippen LogP contribution in [0.2, 0.25) is 5.02 Å². The molecule has 2 rings (SSSR count). The van der Waals surface area contributed by atoms with Crippen molar-refractivity contribution < 1.29 is 0 Å². The molecule has 0 aliphatic carbocycles. The van der Waals surface area contributed by atoms with Crippen LogP contribution in [0.5, 0.6) is 0 Å². The van der Waals surface area contributed by atoms with Crippen LogP contribution in [0.3, 0.4) is 0 Å². The first-order chi connectivity index (χ1) is 9.43. The molecule has 0 fully saturated rings. The van der Waals surface area contributed by atoms with Crippen LogP contribution < -0.4 is 5.73 Å². The van der Waals surface area contributed by atoms with Crippen molar-refractivity contribution in [2.45, 2.75) is 46.7 Å². The summed E-state index contributed by atoms with van der Waals surface area (Å²) in [5, 5.41) is 5.18. The molecule has 1 aromatic carbocycles. The van der Waals surface area contributed by atoms with Gasteiger partial charge in [0.05, 0.1) is 16.4 Å². The van der Waals surface area contributed by atoms with E-state index in [4.69, 9.17) is 17.3 Å². The smallest absolute Gasteiger partial charge is 0.0847 e. The highest BCUT2D eigenvalue weighted by Crippen LogP contribution is 2.25. The van der Waals surface area contributed by atoms with Crippen molar-refractivity contribution >= 4 is 11.6 Å². The lowest BCUT2D eigenvalue weighted by molar-refractivity contribution is 0.587. The third kappa shape index (κ3) is 2.89. The monoisotopic (exact) mass is 291 g/mol. The van der Waals surface area contributed by atoms with Crippen LogP contribution in [-0.2, 0) is 13.0 Å². The Bertz CT molecular complexity index is 616. The Hall–Kier alpha value is -1.32. The number of hydrogen-bond acceptors (Lipinski definition) is 2. The van der Waals surface area contributed by atoms with Crippen LogP contribution in [0.15, 0.2) is 18.2 Å². The third-order valence-electron chi connectivity index (χ3n) is 3.83. The predicted octanol–water partition coefficient (Wildman–Crippen LogP) is 3.72. The maximum Gasteiger partial charge on any atom is 0.0847 e. The van der Waals surface area contributed by atoms with E-state index in [0.717, 1.165) is 28.5 Å². The number of nitrogens with zero attached hydrogens (tertiary/aromatic N) is 2. The van der Waals surface area contributed by atoms with Crippen LogP contribution >= 0.6 is 11.6 Å². The maximum absolute atomic E-state index is 6.35. The highest BCUT2D eigenvalue weighted by Gasteiger charge is 2.17. The standard InChI is InChI=1S/C16H22ClN3/c1-5-20-15(16(17)12(4)19-20)9-14(18)13-7-6-10(2)11(3)8-13/h6-8,14H,5,9,18H2,1-4H3. The average molecular weight is 292 g/mol. The molecule has 1 atom stereocenters. The molecule has 4 heteroatoms. The largest absolute Gasteiger partial charge is 0.324 e. The second-order valence-electron chi connectivity index (χ2n) is 5.32. The van der Waals surface area contributed by atoms with E-state index in [-0.39, 0.29) is 6.04 Å². The van der Waals surface area contributed by atoms with E-state index in [9.17, 15) is 0 Å². The van der Waals surface area contributed by atoms with Gasteiger partial charge in [-0.15, -0.1) is 0 Å². The summed E-state index contributed by atoms with van der Waals surface area (Å²) in [6.07, 6.45) is 0.704. The van der Waals surface area contributed by atoms with Gasteiger partial charge in [-0.05, 0) is 44.4 Å². The topological polar surface area (TPSA) is 43.8 Å². The van der Waals surface area contributed by atoms with Gasteiger partial charge in [-0.25, -0.2) is 0 Å². The van der Waals surface area contributed by atoms with Gasteiger partial charge in [0.25, 0.3) is 0 Å². The first kappa shape index (κ1) is 15.1. The molecule has 0 spiro atoms. The molecule has 1 heterocycles. The van der Waals surface area contributed by atoms with Crippen LogP contribution in [0, 0.1) is 20.8 Å². The lowest BCUT2D eigenvalue weighted by atomic mass is 9.98. The predicted molar refractivity (Wildman–Crippen MR) is 84.2 cm³/mol. The van der Waals surface area contributed by atoms with E-state index < -0.39 is 0 Å². The average Bonchev–Trinajstić information content (AvgIpc) is 2.69. The number of benzene rings is 1. The van der Waals surface area contributed by atoms with Crippen molar-refractivity contribution in [1.29, 1.82) is 0 Å². The highest BCUT2D eigenvalue weighted by atomic mass is 35.5. The Morgan fingerprint density at radius 1 is 1.25 bits per heavy atom. The fraction of sp³-hybridized carbons (Fsp3) is 0.438. The summed E-state index contributed by atoms with van der Waals surface area (Å²) in [6.45, 7) is 9.02. The zero-order valence-corrected chi connectivity index (χ0v) is 13.3. The zero-order chi connectivity index (χ0) is 14.9. The number of nitrogens with two attached hydrogens (primary N) is 1. The number of aromatic nitrogens is 2. The maximum atomic E-state index is 6.35. The number of aryl methyl sites for hydroxylation is 4. The normalized spacial score (nSPS) is 12.7. The summed E-state index contributed by atoms with van der Waals surface area (Å²) in [5.41, 5.74) is 11.9. The third-order valence-corrected chi connectivity index (χ3v) is 4.32. The second-order valence-corrected chi connectivity index (χ2v) is 5.69. The quantitative estimate of drug-likeness (QED) is 0.933. The lowest BCUT2D eigenvalue weighted by Gasteiger charge is -2.15. The molecule has 108 valence electrons. The van der Waals surface area contributed by atoms with E-state index in [2.05, 4.69) is 44.1 Å². The summed E-state index contributed by atoms with van der Waals surface area (Å²) < 4.78 is 1.94. The minimum atomic E-state index is -0.0619. The summed E-state index contributed by atoms with van der Waals surface area (Å²) in [7, 11) is 0. The zero-order valence-electron chi connectivity index (χ0n) is 12.6. The van der Waals surface area contributed by atoms with Gasteiger partial charge in [-0.3, -0.25) is 4.68 Å². The molecule has 0 aliphatic heterocycles. The van der Waals surface area contributed by atoms with E-state index in [0.29, 0.717) is 6.42 Å². The Kier molecular flexibility index (Phi) is 4.51. The van der Waals surface area contributed by atoms with Crippen molar-refractivity contribution in [2.24, 2.45) is 5.73 Å². The Morgan fingerprint density at radius 3 is 2.55 bits per heavy atom. The van der Waals surface area contributed by atoms with Crippen LogP contribution in [0.25, 0.3) is 0 Å². The summed E-state index contributed by atoms with van der Waals surface area (Å²) in [5.74, 6) is 0. The first-order valence-electron chi connectivity index (χ1n) is 6.98. The fourth-order valence-corrected chi connectivity index (χ4v) is 2.60. The number of rotatable bonds is 4. The Balaban J connectivity index is 2.27. The molecule has 0 radical (unpaired) electrons. The minimum Gasteiger partial charge on any atom is -0.324 e. The second kappa shape index (κ2) is 5.98. The van der Waals surface area contributed by atoms with Crippen LogP contribution in [0.4, 0.5) is 0 Å². The van der Waals surface area contributed by atoms with E-state index in [1.165, 1.54) is 11.1 Å². The van der Waals surface area contributed by atoms with Gasteiger partial charge in [-0.1, -0.05) is 29.8 Å². The van der Waals surface area contributed by atoms with Gasteiger partial charge in [0.1, 0.15) is 0 Å². The molecule has 1 unspecified atom stereocenters. The number of halogens is 1. The van der Waals surface area contributed by atoms with Crippen molar-refractivity contribution in [1.82, 2.24) is 9.78 Å². The summed E-state index contributed by atoms with van der Waals surface area (Å²) >= 11 is 6.34. The SMILES string of the molecule is CCn1nc(C)c(Cl)c1CC(N)c1ccc(C)c(C)c1. The summed E-state index contributed by atoms with van der Waals surface area (Å²) in [6, 6.07) is 6.32. The van der Waals surface area contributed by atoms with Crippen LogP contribution in [-0.4, -0.2) is 9.78 Å². The molecule has 0 saturated carbocycles. The molecule has 0 bridgehead atoms. The molecule has 0 aliphatic rings. The molecule has 2 aromatic rings. The van der Waals surface area contributed by atoms with Crippen molar-refractivity contribution in [3.63, 3.8) is 0 Å². The Morgan fingerprint density at radius 2 is 1.95 bits per heavy atom. The molecule has 3 nitrogen and oxygen atoms in total. The first-order valence-corrected chi connectivity index (χ1v) is 7.36. The molecular formula is C16H22ClN3. The van der Waals surface area contributed by atoms with Crippen molar-refractivity contribution in [3.8, 4) is 0 Å². The number of hydrogen-bond donors (Lipinski definition) is 1. The van der Waals surface area contributed by atoms with Gasteiger partial charge in [0.2, 0.25) is 0 Å². The van der Waals surface area contributed by atoms with Gasteiger partial charge >= 0.3 is 0 Å². The fourth-order valence-electron chi connectivity index (χ4n) is 2.39. The van der Waals surface area contributed by atoms with Crippen molar-refractivity contribution in [2.75, 3.05) is 0 Å². The lowest BCUT2D eigenvalue weighted by Crippen LogP contribution is -2.16. The molecule has 0 saturated heterocycles. The van der Waals surface area contributed by atoms with Gasteiger partial charge in [0.15, 0.2) is 0 Å². The Labute approximate surface area is 125 Å². The molecular weight excluding hydrogens is 270 g/mol. The van der Waals surface area contributed by atoms with Gasteiger partial charge in [0, 0.05) is 19.0 Å². The minimum absolute atomic E-state index is 0.0619. The van der Waals surface area contributed by atoms with Crippen LogP contribution in [0.1, 0.15) is 41.0 Å². The molecule has 2 N–H and O–H groups in total. The van der Waals surface area contributed by atoms with Crippen molar-refractivity contribution in [3.05, 3.63) is 51.3 Å². The highest BCUT2D eigenvalue weighted by molar-refractivity contribution is 6.31. The molecule has 0 amide bonds. The molecule has 1 aromatic heterocycles. The van der Waals surface area contributed by atoms with E-state index in [1.807, 2.05) is 11.6 Å². The summed E-state index contributed by atoms with van der Waals surface area (Å²) in [4.78, 5) is 0.